The number of H-pyrrole nitrogens is 1. The zero-order chi connectivity index (χ0) is 18.1. The standard InChI is InChI=1S/C17H21FN8/c1-11-7-13(25-12(2)24-11)19-8-17(18)3-5-26(6-4-17)16-14-15(21-9-20-14)22-10-23-16/h7,9-10H,3-6,8H2,1-2H3,(H,19,24,25)(H,20,21,22,23). The van der Waals surface area contributed by atoms with Crippen molar-refractivity contribution in [1.82, 2.24) is 29.9 Å². The first-order chi connectivity index (χ1) is 12.5. The molecule has 1 fully saturated rings. The van der Waals surface area contributed by atoms with Crippen LogP contribution in [-0.4, -0.2) is 55.2 Å². The summed E-state index contributed by atoms with van der Waals surface area (Å²) in [5, 5.41) is 3.13. The van der Waals surface area contributed by atoms with Gasteiger partial charge in [0.2, 0.25) is 0 Å². The summed E-state index contributed by atoms with van der Waals surface area (Å²) in [4.78, 5) is 26.3. The van der Waals surface area contributed by atoms with Gasteiger partial charge in [-0.15, -0.1) is 0 Å². The number of aryl methyl sites for hydroxylation is 2. The minimum atomic E-state index is -1.27. The Balaban J connectivity index is 1.41. The van der Waals surface area contributed by atoms with Crippen LogP contribution in [0.3, 0.4) is 0 Å². The molecule has 1 aliphatic rings. The third-order valence-electron chi connectivity index (χ3n) is 4.71. The number of imidazole rings is 1. The maximum Gasteiger partial charge on any atom is 0.182 e. The van der Waals surface area contributed by atoms with Crippen LogP contribution >= 0.6 is 0 Å². The second-order valence-corrected chi connectivity index (χ2v) is 6.73. The molecule has 0 bridgehead atoms. The minimum Gasteiger partial charge on any atom is -0.367 e. The van der Waals surface area contributed by atoms with Crippen molar-refractivity contribution in [3.8, 4) is 0 Å². The maximum atomic E-state index is 15.2. The predicted molar refractivity (Wildman–Crippen MR) is 97.0 cm³/mol. The fraction of sp³-hybridized carbons (Fsp3) is 0.471. The van der Waals surface area contributed by atoms with Crippen molar-refractivity contribution in [2.24, 2.45) is 0 Å². The number of aromatic amines is 1. The molecule has 0 aromatic carbocycles. The first kappa shape index (κ1) is 16.6. The van der Waals surface area contributed by atoms with Crippen LogP contribution in [0, 0.1) is 13.8 Å². The van der Waals surface area contributed by atoms with Crippen LogP contribution in [0.1, 0.15) is 24.4 Å². The van der Waals surface area contributed by atoms with E-state index in [1.54, 1.807) is 6.33 Å². The van der Waals surface area contributed by atoms with E-state index in [1.165, 1.54) is 6.33 Å². The molecule has 0 saturated carbocycles. The Labute approximate surface area is 150 Å². The number of anilines is 2. The Morgan fingerprint density at radius 3 is 2.77 bits per heavy atom. The molecule has 2 N–H and O–H groups in total. The number of fused-ring (bicyclic) bond motifs is 1. The van der Waals surface area contributed by atoms with Crippen LogP contribution in [0.2, 0.25) is 0 Å². The van der Waals surface area contributed by atoms with Crippen LogP contribution in [-0.2, 0) is 0 Å². The number of hydrogen-bond donors (Lipinski definition) is 2. The molecule has 26 heavy (non-hydrogen) atoms. The first-order valence-corrected chi connectivity index (χ1v) is 8.67. The van der Waals surface area contributed by atoms with Gasteiger partial charge in [-0.25, -0.2) is 29.3 Å². The summed E-state index contributed by atoms with van der Waals surface area (Å²) in [7, 11) is 0. The van der Waals surface area contributed by atoms with E-state index in [0.717, 1.165) is 17.0 Å². The lowest BCUT2D eigenvalue weighted by Gasteiger charge is -2.37. The molecule has 0 aliphatic carbocycles. The van der Waals surface area contributed by atoms with Gasteiger partial charge in [0.1, 0.15) is 29.2 Å². The quantitative estimate of drug-likeness (QED) is 0.740. The molecule has 0 unspecified atom stereocenters. The normalized spacial score (nSPS) is 16.8. The summed E-state index contributed by atoms with van der Waals surface area (Å²) in [5.41, 5.74) is 1.02. The summed E-state index contributed by atoms with van der Waals surface area (Å²) >= 11 is 0. The number of nitrogens with zero attached hydrogens (tertiary/aromatic N) is 6. The average molecular weight is 356 g/mol. The molecule has 4 heterocycles. The number of halogens is 1. The van der Waals surface area contributed by atoms with E-state index in [0.29, 0.717) is 43.2 Å². The van der Waals surface area contributed by atoms with Crippen LogP contribution in [0.4, 0.5) is 16.0 Å². The van der Waals surface area contributed by atoms with Gasteiger partial charge in [0, 0.05) is 37.7 Å². The second-order valence-electron chi connectivity index (χ2n) is 6.73. The highest BCUT2D eigenvalue weighted by Crippen LogP contribution is 2.30. The van der Waals surface area contributed by atoms with Gasteiger partial charge in [0.15, 0.2) is 11.5 Å². The molecule has 0 radical (unpaired) electrons. The third-order valence-corrected chi connectivity index (χ3v) is 4.71. The largest absolute Gasteiger partial charge is 0.367 e. The van der Waals surface area contributed by atoms with Gasteiger partial charge in [0.05, 0.1) is 12.9 Å². The van der Waals surface area contributed by atoms with Crippen molar-refractivity contribution in [3.63, 3.8) is 0 Å². The molecule has 136 valence electrons. The van der Waals surface area contributed by atoms with Gasteiger partial charge in [-0.3, -0.25) is 0 Å². The van der Waals surface area contributed by atoms with Gasteiger partial charge in [-0.2, -0.15) is 0 Å². The SMILES string of the molecule is Cc1cc(NCC2(F)CCN(c3ncnc4nc[nH]c34)CC2)nc(C)n1. The Morgan fingerprint density at radius 2 is 2.00 bits per heavy atom. The van der Waals surface area contributed by atoms with E-state index < -0.39 is 5.67 Å². The summed E-state index contributed by atoms with van der Waals surface area (Å²) in [6, 6.07) is 1.83. The second kappa shape index (κ2) is 6.47. The Morgan fingerprint density at radius 1 is 1.19 bits per heavy atom. The van der Waals surface area contributed by atoms with Gasteiger partial charge in [-0.1, -0.05) is 0 Å². The first-order valence-electron chi connectivity index (χ1n) is 8.67. The van der Waals surface area contributed by atoms with E-state index in [-0.39, 0.29) is 6.54 Å². The molecule has 0 spiro atoms. The zero-order valence-corrected chi connectivity index (χ0v) is 14.8. The van der Waals surface area contributed by atoms with Crippen LogP contribution in [0.5, 0.6) is 0 Å². The van der Waals surface area contributed by atoms with Crippen LogP contribution in [0.25, 0.3) is 11.2 Å². The average Bonchev–Trinajstić information content (AvgIpc) is 3.09. The summed E-state index contributed by atoms with van der Waals surface area (Å²) in [6.07, 6.45) is 3.93. The van der Waals surface area contributed by atoms with Crippen molar-refractivity contribution < 1.29 is 4.39 Å². The summed E-state index contributed by atoms with van der Waals surface area (Å²) in [6.45, 7) is 5.15. The third kappa shape index (κ3) is 3.29. The summed E-state index contributed by atoms with van der Waals surface area (Å²) < 4.78 is 15.2. The molecule has 0 atom stereocenters. The maximum absolute atomic E-state index is 15.2. The van der Waals surface area contributed by atoms with E-state index in [2.05, 4.69) is 40.1 Å². The van der Waals surface area contributed by atoms with E-state index in [4.69, 9.17) is 0 Å². The Kier molecular flexibility index (Phi) is 4.14. The van der Waals surface area contributed by atoms with Gasteiger partial charge < -0.3 is 15.2 Å². The molecular formula is C17H21FN8. The number of rotatable bonds is 4. The minimum absolute atomic E-state index is 0.236. The van der Waals surface area contributed by atoms with Crippen molar-refractivity contribution in [2.75, 3.05) is 29.9 Å². The monoisotopic (exact) mass is 356 g/mol. The molecule has 9 heteroatoms. The van der Waals surface area contributed by atoms with Crippen molar-refractivity contribution in [3.05, 3.63) is 30.2 Å². The van der Waals surface area contributed by atoms with E-state index in [9.17, 15) is 0 Å². The van der Waals surface area contributed by atoms with Crippen molar-refractivity contribution in [1.29, 1.82) is 0 Å². The highest BCUT2D eigenvalue weighted by atomic mass is 19.1. The number of hydrogen-bond acceptors (Lipinski definition) is 7. The lowest BCUT2D eigenvalue weighted by atomic mass is 9.93. The van der Waals surface area contributed by atoms with Gasteiger partial charge in [-0.05, 0) is 13.8 Å². The molecule has 3 aromatic heterocycles. The molecule has 0 amide bonds. The van der Waals surface area contributed by atoms with E-state index in [1.807, 2.05) is 19.9 Å². The molecule has 8 nitrogen and oxygen atoms in total. The van der Waals surface area contributed by atoms with Gasteiger partial charge in [0.25, 0.3) is 0 Å². The number of alkyl halides is 1. The zero-order valence-electron chi connectivity index (χ0n) is 14.8. The molecule has 1 saturated heterocycles. The van der Waals surface area contributed by atoms with Crippen molar-refractivity contribution >= 4 is 22.8 Å². The number of aromatic nitrogens is 6. The van der Waals surface area contributed by atoms with Crippen LogP contribution < -0.4 is 10.2 Å². The summed E-state index contributed by atoms with van der Waals surface area (Å²) in [5.74, 6) is 2.14. The lowest BCUT2D eigenvalue weighted by Crippen LogP contribution is -2.46. The predicted octanol–water partition coefficient (Wildman–Crippen LogP) is 2.18. The smallest absolute Gasteiger partial charge is 0.182 e. The fourth-order valence-corrected chi connectivity index (χ4v) is 3.34. The number of piperidine rings is 1. The van der Waals surface area contributed by atoms with Crippen LogP contribution in [0.15, 0.2) is 18.7 Å². The highest BCUT2D eigenvalue weighted by Gasteiger charge is 2.35. The Hall–Kier alpha value is -2.84. The molecule has 1 aliphatic heterocycles. The Bertz CT molecular complexity index is 896. The lowest BCUT2D eigenvalue weighted by molar-refractivity contribution is 0.140. The number of nitrogens with one attached hydrogen (secondary N) is 2. The molecular weight excluding hydrogens is 335 g/mol. The molecule has 4 rings (SSSR count). The van der Waals surface area contributed by atoms with Gasteiger partial charge >= 0.3 is 0 Å². The van der Waals surface area contributed by atoms with Crippen molar-refractivity contribution in [2.45, 2.75) is 32.4 Å². The highest BCUT2D eigenvalue weighted by molar-refractivity contribution is 5.82. The molecule has 3 aromatic rings. The fourth-order valence-electron chi connectivity index (χ4n) is 3.34. The van der Waals surface area contributed by atoms with E-state index >= 15 is 4.39 Å². The topological polar surface area (TPSA) is 95.5 Å².